The summed E-state index contributed by atoms with van der Waals surface area (Å²) in [7, 11) is 0. The van der Waals surface area contributed by atoms with Gasteiger partial charge in [0.25, 0.3) is 0 Å². The maximum absolute atomic E-state index is 9.57. The molecule has 0 aromatic carbocycles. The van der Waals surface area contributed by atoms with Crippen molar-refractivity contribution in [2.24, 2.45) is 11.3 Å². The number of nitriles is 1. The Morgan fingerprint density at radius 1 is 1.33 bits per heavy atom. The Hall–Kier alpha value is -0.550. The van der Waals surface area contributed by atoms with Crippen molar-refractivity contribution in [2.45, 2.75) is 77.2 Å². The molecule has 2 heteroatoms. The number of hydrogen-bond acceptors (Lipinski definition) is 2. The molecule has 1 saturated heterocycles. The lowest BCUT2D eigenvalue weighted by atomic mass is 9.67. The van der Waals surface area contributed by atoms with E-state index in [1.54, 1.807) is 0 Å². The van der Waals surface area contributed by atoms with Gasteiger partial charge in [-0.15, -0.1) is 0 Å². The van der Waals surface area contributed by atoms with Crippen LogP contribution in [0.5, 0.6) is 0 Å². The maximum atomic E-state index is 9.57. The second kappa shape index (κ2) is 6.57. The van der Waals surface area contributed by atoms with Gasteiger partial charge in [-0.1, -0.05) is 26.2 Å². The summed E-state index contributed by atoms with van der Waals surface area (Å²) in [6, 6.07) is 2.67. The first-order valence-electron chi connectivity index (χ1n) is 7.81. The van der Waals surface area contributed by atoms with E-state index in [0.29, 0.717) is 6.10 Å². The van der Waals surface area contributed by atoms with Gasteiger partial charge < -0.3 is 4.74 Å². The Labute approximate surface area is 112 Å². The summed E-state index contributed by atoms with van der Waals surface area (Å²) < 4.78 is 5.67. The number of hydrogen-bond donors (Lipinski definition) is 0. The van der Waals surface area contributed by atoms with Crippen molar-refractivity contribution in [1.29, 1.82) is 5.26 Å². The Balaban J connectivity index is 1.78. The average Bonchev–Trinajstić information content (AvgIpc) is 2.92. The average molecular weight is 249 g/mol. The summed E-state index contributed by atoms with van der Waals surface area (Å²) in [4.78, 5) is 0. The van der Waals surface area contributed by atoms with Gasteiger partial charge >= 0.3 is 0 Å². The van der Waals surface area contributed by atoms with Crippen LogP contribution < -0.4 is 0 Å². The van der Waals surface area contributed by atoms with Gasteiger partial charge in [-0.2, -0.15) is 5.26 Å². The highest BCUT2D eigenvalue weighted by molar-refractivity contribution is 5.02. The lowest BCUT2D eigenvalue weighted by molar-refractivity contribution is 0.0954. The zero-order valence-electron chi connectivity index (χ0n) is 11.8. The second-order valence-corrected chi connectivity index (χ2v) is 6.29. The summed E-state index contributed by atoms with van der Waals surface area (Å²) >= 11 is 0. The first kappa shape index (κ1) is 13.9. The molecule has 0 bridgehead atoms. The molecule has 2 rings (SSSR count). The molecule has 1 saturated carbocycles. The second-order valence-electron chi connectivity index (χ2n) is 6.29. The summed E-state index contributed by atoms with van der Waals surface area (Å²) in [5.41, 5.74) is -0.00245. The fraction of sp³-hybridized carbons (Fsp3) is 0.938. The summed E-state index contributed by atoms with van der Waals surface area (Å²) in [6.45, 7) is 3.22. The van der Waals surface area contributed by atoms with Crippen molar-refractivity contribution in [1.82, 2.24) is 0 Å². The number of ether oxygens (including phenoxy) is 1. The SMILES string of the molecule is CCC1CCCC(C#N)(CCCC2CCCO2)C1. The molecule has 2 aliphatic rings. The monoisotopic (exact) mass is 249 g/mol. The lowest BCUT2D eigenvalue weighted by Crippen LogP contribution is -2.27. The molecular formula is C16H27NO. The van der Waals surface area contributed by atoms with Crippen molar-refractivity contribution >= 4 is 0 Å². The third-order valence-electron chi connectivity index (χ3n) is 4.97. The molecule has 0 N–H and O–H groups in total. The Bertz CT molecular complexity index is 290. The Morgan fingerprint density at radius 3 is 2.89 bits per heavy atom. The van der Waals surface area contributed by atoms with Crippen molar-refractivity contribution in [3.05, 3.63) is 0 Å². The van der Waals surface area contributed by atoms with E-state index in [9.17, 15) is 5.26 Å². The fourth-order valence-electron chi connectivity index (χ4n) is 3.76. The van der Waals surface area contributed by atoms with Gasteiger partial charge in [-0.25, -0.2) is 0 Å². The van der Waals surface area contributed by atoms with Gasteiger partial charge in [0.15, 0.2) is 0 Å². The van der Waals surface area contributed by atoms with Gasteiger partial charge in [0.1, 0.15) is 0 Å². The van der Waals surface area contributed by atoms with E-state index in [1.807, 2.05) is 0 Å². The van der Waals surface area contributed by atoms with Gasteiger partial charge in [0.2, 0.25) is 0 Å². The van der Waals surface area contributed by atoms with Crippen LogP contribution in [0.4, 0.5) is 0 Å². The van der Waals surface area contributed by atoms with Crippen LogP contribution in [0.1, 0.15) is 71.1 Å². The molecule has 2 fully saturated rings. The quantitative estimate of drug-likeness (QED) is 0.721. The van der Waals surface area contributed by atoms with Crippen molar-refractivity contribution < 1.29 is 4.74 Å². The zero-order chi connectivity index (χ0) is 12.8. The van der Waals surface area contributed by atoms with Crippen LogP contribution in [-0.2, 0) is 4.74 Å². The summed E-state index contributed by atoms with van der Waals surface area (Å²) in [5.74, 6) is 0.793. The molecule has 2 nitrogen and oxygen atoms in total. The van der Waals surface area contributed by atoms with Crippen LogP contribution in [0, 0.1) is 22.7 Å². The van der Waals surface area contributed by atoms with E-state index in [0.717, 1.165) is 31.8 Å². The van der Waals surface area contributed by atoms with Crippen LogP contribution in [0.25, 0.3) is 0 Å². The van der Waals surface area contributed by atoms with E-state index in [1.165, 1.54) is 44.9 Å². The van der Waals surface area contributed by atoms with Crippen LogP contribution in [-0.4, -0.2) is 12.7 Å². The van der Waals surface area contributed by atoms with E-state index < -0.39 is 0 Å². The highest BCUT2D eigenvalue weighted by atomic mass is 16.5. The zero-order valence-corrected chi connectivity index (χ0v) is 11.8. The van der Waals surface area contributed by atoms with E-state index in [4.69, 9.17) is 4.74 Å². The summed E-state index contributed by atoms with van der Waals surface area (Å²) in [5, 5.41) is 9.57. The molecule has 0 aromatic rings. The molecule has 1 heterocycles. The minimum absolute atomic E-state index is 0.00245. The lowest BCUT2D eigenvalue weighted by Gasteiger charge is -2.35. The van der Waals surface area contributed by atoms with E-state index in [2.05, 4.69) is 13.0 Å². The highest BCUT2D eigenvalue weighted by Gasteiger charge is 2.35. The fourth-order valence-corrected chi connectivity index (χ4v) is 3.76. The van der Waals surface area contributed by atoms with Crippen molar-refractivity contribution in [3.63, 3.8) is 0 Å². The molecule has 0 amide bonds. The largest absolute Gasteiger partial charge is 0.378 e. The summed E-state index contributed by atoms with van der Waals surface area (Å²) in [6.07, 6.45) is 12.5. The molecule has 3 unspecified atom stereocenters. The molecule has 3 atom stereocenters. The van der Waals surface area contributed by atoms with E-state index in [-0.39, 0.29) is 5.41 Å². The van der Waals surface area contributed by atoms with Crippen molar-refractivity contribution in [3.8, 4) is 6.07 Å². The van der Waals surface area contributed by atoms with Crippen molar-refractivity contribution in [2.75, 3.05) is 6.61 Å². The molecule has 0 spiro atoms. The Kier molecular flexibility index (Phi) is 5.06. The van der Waals surface area contributed by atoms with Crippen LogP contribution in [0.3, 0.4) is 0 Å². The normalized spacial score (nSPS) is 36.4. The number of rotatable bonds is 5. The predicted molar refractivity (Wildman–Crippen MR) is 73.1 cm³/mol. The third-order valence-corrected chi connectivity index (χ3v) is 4.97. The molecule has 18 heavy (non-hydrogen) atoms. The minimum atomic E-state index is -0.00245. The third kappa shape index (κ3) is 3.48. The standard InChI is InChI=1S/C16H27NO/c1-2-14-6-3-9-16(12-14,13-17)10-4-7-15-8-5-11-18-15/h14-15H,2-12H2,1H3. The van der Waals surface area contributed by atoms with Crippen LogP contribution >= 0.6 is 0 Å². The van der Waals surface area contributed by atoms with Gasteiger partial charge in [0, 0.05) is 6.61 Å². The Morgan fingerprint density at radius 2 is 2.22 bits per heavy atom. The van der Waals surface area contributed by atoms with Gasteiger partial charge in [-0.05, 0) is 50.9 Å². The maximum Gasteiger partial charge on any atom is 0.0689 e. The molecular weight excluding hydrogens is 222 g/mol. The molecule has 0 aromatic heterocycles. The van der Waals surface area contributed by atoms with Crippen LogP contribution in [0.15, 0.2) is 0 Å². The molecule has 1 aliphatic carbocycles. The molecule has 1 aliphatic heterocycles. The van der Waals surface area contributed by atoms with E-state index >= 15 is 0 Å². The minimum Gasteiger partial charge on any atom is -0.378 e. The first-order chi connectivity index (χ1) is 8.78. The van der Waals surface area contributed by atoms with Gasteiger partial charge in [0.05, 0.1) is 17.6 Å². The highest BCUT2D eigenvalue weighted by Crippen LogP contribution is 2.43. The predicted octanol–water partition coefficient (Wildman–Crippen LogP) is 4.45. The van der Waals surface area contributed by atoms with Gasteiger partial charge in [-0.3, -0.25) is 0 Å². The smallest absolute Gasteiger partial charge is 0.0689 e. The topological polar surface area (TPSA) is 33.0 Å². The molecule has 102 valence electrons. The first-order valence-corrected chi connectivity index (χ1v) is 7.81. The molecule has 0 radical (unpaired) electrons. The van der Waals surface area contributed by atoms with Crippen LogP contribution in [0.2, 0.25) is 0 Å². The number of nitrogens with zero attached hydrogens (tertiary/aromatic N) is 1.